The van der Waals surface area contributed by atoms with Crippen molar-refractivity contribution in [1.29, 1.82) is 0 Å². The number of aromatic nitrogens is 1. The van der Waals surface area contributed by atoms with Gasteiger partial charge in [0.25, 0.3) is 0 Å². The van der Waals surface area contributed by atoms with Gasteiger partial charge in [0.05, 0.1) is 0 Å². The number of anilines is 1. The van der Waals surface area contributed by atoms with E-state index < -0.39 is 11.6 Å². The van der Waals surface area contributed by atoms with Gasteiger partial charge in [-0.25, -0.2) is 8.78 Å². The second-order valence-electron chi connectivity index (χ2n) is 9.42. The SMILES string of the molecule is Fc1cc(F)cc(-c2cc(N(CCCN3CCCCCC3)Cc3ccc4ccccc4c3)on2)c1. The average Bonchev–Trinajstić information content (AvgIpc) is 3.20. The van der Waals surface area contributed by atoms with Crippen LogP contribution in [0.25, 0.3) is 22.0 Å². The number of hydrogen-bond acceptors (Lipinski definition) is 4. The molecular formula is C29H31F2N3O. The Hall–Kier alpha value is -3.25. The maximum atomic E-state index is 13.8. The van der Waals surface area contributed by atoms with Crippen LogP contribution in [0, 0.1) is 11.6 Å². The first kappa shape index (κ1) is 23.5. The van der Waals surface area contributed by atoms with E-state index in [0.29, 0.717) is 23.7 Å². The van der Waals surface area contributed by atoms with Gasteiger partial charge in [-0.05, 0) is 73.4 Å². The van der Waals surface area contributed by atoms with Gasteiger partial charge < -0.3 is 14.3 Å². The van der Waals surface area contributed by atoms with Crippen molar-refractivity contribution in [3.63, 3.8) is 0 Å². The van der Waals surface area contributed by atoms with Crippen LogP contribution in [-0.4, -0.2) is 36.2 Å². The molecule has 0 radical (unpaired) electrons. The van der Waals surface area contributed by atoms with Crippen molar-refractivity contribution in [2.24, 2.45) is 0 Å². The molecule has 1 aliphatic heterocycles. The molecule has 0 saturated carbocycles. The Morgan fingerprint density at radius 1 is 0.829 bits per heavy atom. The smallest absolute Gasteiger partial charge is 0.228 e. The maximum Gasteiger partial charge on any atom is 0.228 e. The summed E-state index contributed by atoms with van der Waals surface area (Å²) in [5.41, 5.74) is 1.97. The van der Waals surface area contributed by atoms with Gasteiger partial charge in [-0.15, -0.1) is 0 Å². The molecule has 0 unspecified atom stereocenters. The van der Waals surface area contributed by atoms with Crippen molar-refractivity contribution < 1.29 is 13.3 Å². The highest BCUT2D eigenvalue weighted by atomic mass is 19.1. The first-order chi connectivity index (χ1) is 17.1. The van der Waals surface area contributed by atoms with E-state index in [4.69, 9.17) is 4.52 Å². The highest BCUT2D eigenvalue weighted by molar-refractivity contribution is 5.83. The van der Waals surface area contributed by atoms with Gasteiger partial charge in [0.15, 0.2) is 0 Å². The van der Waals surface area contributed by atoms with E-state index in [1.54, 1.807) is 6.07 Å². The Kier molecular flexibility index (Phi) is 7.38. The molecule has 0 spiro atoms. The number of nitrogens with zero attached hydrogens (tertiary/aromatic N) is 3. The van der Waals surface area contributed by atoms with Crippen LogP contribution in [0.5, 0.6) is 0 Å². The number of likely N-dealkylation sites (tertiary alicyclic amines) is 1. The van der Waals surface area contributed by atoms with Crippen LogP contribution in [0.1, 0.15) is 37.7 Å². The maximum absolute atomic E-state index is 13.8. The van der Waals surface area contributed by atoms with Gasteiger partial charge in [-0.2, -0.15) is 0 Å². The molecule has 0 amide bonds. The fraction of sp³-hybridized carbons (Fsp3) is 0.345. The molecule has 182 valence electrons. The molecule has 0 aliphatic carbocycles. The monoisotopic (exact) mass is 475 g/mol. The Labute approximate surface area is 205 Å². The Morgan fingerprint density at radius 3 is 2.34 bits per heavy atom. The molecule has 1 aliphatic rings. The number of rotatable bonds is 8. The van der Waals surface area contributed by atoms with Crippen LogP contribution >= 0.6 is 0 Å². The molecule has 0 atom stereocenters. The van der Waals surface area contributed by atoms with E-state index in [1.165, 1.54) is 67.2 Å². The van der Waals surface area contributed by atoms with Crippen molar-refractivity contribution in [2.75, 3.05) is 31.1 Å². The summed E-state index contributed by atoms with van der Waals surface area (Å²) < 4.78 is 33.2. The van der Waals surface area contributed by atoms with Crippen molar-refractivity contribution in [3.8, 4) is 11.3 Å². The zero-order chi connectivity index (χ0) is 24.0. The zero-order valence-corrected chi connectivity index (χ0v) is 19.9. The summed E-state index contributed by atoms with van der Waals surface area (Å²) in [6, 6.07) is 20.0. The van der Waals surface area contributed by atoms with Crippen LogP contribution in [0.15, 0.2) is 71.3 Å². The molecule has 1 aromatic heterocycles. The third-order valence-electron chi connectivity index (χ3n) is 6.76. The quantitative estimate of drug-likeness (QED) is 0.273. The Bertz CT molecular complexity index is 1240. The second-order valence-corrected chi connectivity index (χ2v) is 9.42. The lowest BCUT2D eigenvalue weighted by Crippen LogP contribution is -2.30. The Morgan fingerprint density at radius 2 is 1.57 bits per heavy atom. The summed E-state index contributed by atoms with van der Waals surface area (Å²) in [5.74, 6) is -0.654. The van der Waals surface area contributed by atoms with Crippen LogP contribution < -0.4 is 4.90 Å². The normalized spacial score (nSPS) is 14.8. The molecule has 5 rings (SSSR count). The fourth-order valence-electron chi connectivity index (χ4n) is 4.92. The predicted molar refractivity (Wildman–Crippen MR) is 136 cm³/mol. The molecule has 0 bridgehead atoms. The van der Waals surface area contributed by atoms with E-state index in [1.807, 2.05) is 12.1 Å². The fourth-order valence-corrected chi connectivity index (χ4v) is 4.92. The van der Waals surface area contributed by atoms with Gasteiger partial charge in [0.2, 0.25) is 5.88 Å². The van der Waals surface area contributed by atoms with E-state index in [-0.39, 0.29) is 0 Å². The first-order valence-electron chi connectivity index (χ1n) is 12.5. The van der Waals surface area contributed by atoms with E-state index in [2.05, 4.69) is 45.3 Å². The summed E-state index contributed by atoms with van der Waals surface area (Å²) in [5, 5.41) is 6.54. The highest BCUT2D eigenvalue weighted by Gasteiger charge is 2.17. The van der Waals surface area contributed by atoms with Crippen molar-refractivity contribution in [1.82, 2.24) is 10.1 Å². The summed E-state index contributed by atoms with van der Waals surface area (Å²) in [6.45, 7) is 4.85. The zero-order valence-electron chi connectivity index (χ0n) is 19.9. The lowest BCUT2D eigenvalue weighted by atomic mass is 10.1. The van der Waals surface area contributed by atoms with Crippen molar-refractivity contribution >= 4 is 16.7 Å². The van der Waals surface area contributed by atoms with Crippen LogP contribution in [0.3, 0.4) is 0 Å². The van der Waals surface area contributed by atoms with Crippen molar-refractivity contribution in [2.45, 2.75) is 38.6 Å². The number of fused-ring (bicyclic) bond motifs is 1. The average molecular weight is 476 g/mol. The summed E-state index contributed by atoms with van der Waals surface area (Å²) in [4.78, 5) is 4.73. The molecule has 3 aromatic carbocycles. The topological polar surface area (TPSA) is 32.5 Å². The third-order valence-corrected chi connectivity index (χ3v) is 6.76. The van der Waals surface area contributed by atoms with Gasteiger partial charge in [-0.1, -0.05) is 54.4 Å². The van der Waals surface area contributed by atoms with E-state index >= 15 is 0 Å². The minimum absolute atomic E-state index is 0.368. The van der Waals surface area contributed by atoms with Gasteiger partial charge in [0, 0.05) is 30.8 Å². The van der Waals surface area contributed by atoms with E-state index in [9.17, 15) is 8.78 Å². The molecule has 0 N–H and O–H groups in total. The highest BCUT2D eigenvalue weighted by Crippen LogP contribution is 2.27. The van der Waals surface area contributed by atoms with Crippen LogP contribution in [0.2, 0.25) is 0 Å². The molecule has 2 heterocycles. The molecular weight excluding hydrogens is 444 g/mol. The summed E-state index contributed by atoms with van der Waals surface area (Å²) >= 11 is 0. The van der Waals surface area contributed by atoms with Gasteiger partial charge in [-0.3, -0.25) is 0 Å². The lowest BCUT2D eigenvalue weighted by molar-refractivity contribution is 0.281. The molecule has 1 fully saturated rings. The number of benzene rings is 3. The molecule has 35 heavy (non-hydrogen) atoms. The second kappa shape index (κ2) is 11.0. The summed E-state index contributed by atoms with van der Waals surface area (Å²) in [6.07, 6.45) is 6.20. The number of halogens is 2. The van der Waals surface area contributed by atoms with Gasteiger partial charge in [0.1, 0.15) is 17.3 Å². The molecule has 1 saturated heterocycles. The molecule has 4 nitrogen and oxygen atoms in total. The Balaban J connectivity index is 1.36. The molecule has 6 heteroatoms. The number of hydrogen-bond donors (Lipinski definition) is 0. The van der Waals surface area contributed by atoms with Gasteiger partial charge >= 0.3 is 0 Å². The summed E-state index contributed by atoms with van der Waals surface area (Å²) in [7, 11) is 0. The first-order valence-corrected chi connectivity index (χ1v) is 12.5. The van der Waals surface area contributed by atoms with E-state index in [0.717, 1.165) is 25.6 Å². The van der Waals surface area contributed by atoms with Crippen LogP contribution in [0.4, 0.5) is 14.7 Å². The lowest BCUT2D eigenvalue weighted by Gasteiger charge is -2.24. The minimum atomic E-state index is -0.630. The van der Waals surface area contributed by atoms with Crippen molar-refractivity contribution in [3.05, 3.63) is 83.9 Å². The standard InChI is InChI=1S/C29H31F2N3O/c30-26-17-25(18-27(31)19-26)28-20-29(35-32-28)34(15-7-14-33-12-5-1-2-6-13-33)21-22-10-11-23-8-3-4-9-24(23)16-22/h3-4,8-11,16-20H,1-2,5-7,12-15,21H2. The van der Waals surface area contributed by atoms with Crippen LogP contribution in [-0.2, 0) is 6.54 Å². The minimum Gasteiger partial charge on any atom is -0.338 e. The predicted octanol–water partition coefficient (Wildman–Crippen LogP) is 7.05. The molecule has 4 aromatic rings. The third kappa shape index (κ3) is 6.06. The largest absolute Gasteiger partial charge is 0.338 e.